The fraction of sp³-hybridized carbons (Fsp3) is 0.500. The molecule has 1 aliphatic rings. The molecule has 0 bridgehead atoms. The standard InChI is InChI=1S/C50H51NO11S/c1-4-6-8-10-12-14-16-18-19-20-21-22-23-24-25-26-27-28-30-32-34-36-38-40-45(53)51-43(41-58-50-48(56)49(60-63-62-61-57)46(54)42(3)59-50)47(55)44(52)39-37-35-33-31-29-17-15-13-11-9-7-5-2/h42-44,46-50,52,54-57H,5,7,9,11,13,15,17,29,31,33,35,37,39,41H2,1-3H3,(H,51,53)/t42?,43-,44+,46?,47-,48?,49?,50?/m0/s1. The van der Waals surface area contributed by atoms with Crippen molar-refractivity contribution in [2.24, 2.45) is 0 Å². The predicted octanol–water partition coefficient (Wildman–Crippen LogP) is 3.20. The number of amides is 1. The minimum atomic E-state index is -1.59. The third kappa shape index (κ3) is 29.1. The van der Waals surface area contributed by atoms with E-state index in [-0.39, 0.29) is 18.7 Å². The summed E-state index contributed by atoms with van der Waals surface area (Å²) in [5, 5.41) is 57.6. The number of carbonyl (C=O) groups is 1. The summed E-state index contributed by atoms with van der Waals surface area (Å²) in [5.74, 6) is 58.6. The Bertz CT molecular complexity index is 2210. The Morgan fingerprint density at radius 3 is 1.52 bits per heavy atom. The zero-order valence-corrected chi connectivity index (χ0v) is 36.4. The van der Waals surface area contributed by atoms with Crippen molar-refractivity contribution in [2.75, 3.05) is 6.61 Å². The number of carbonyl (C=O) groups excluding carboxylic acids is 1. The topological polar surface area (TPSA) is 176 Å². The quantitative estimate of drug-likeness (QED) is 0.0292. The molecular formula is C50H51NO11S. The van der Waals surface area contributed by atoms with Crippen molar-refractivity contribution in [2.45, 2.75) is 153 Å². The van der Waals surface area contributed by atoms with Gasteiger partial charge in [0.15, 0.2) is 18.6 Å². The van der Waals surface area contributed by atoms with Crippen molar-refractivity contribution in [3.63, 3.8) is 0 Å². The summed E-state index contributed by atoms with van der Waals surface area (Å²) in [6, 6.07) is -1.21. The van der Waals surface area contributed by atoms with Gasteiger partial charge in [-0.05, 0) is 115 Å². The molecule has 0 aromatic carbocycles. The minimum Gasteiger partial charge on any atom is -0.390 e. The van der Waals surface area contributed by atoms with E-state index >= 15 is 0 Å². The summed E-state index contributed by atoms with van der Waals surface area (Å²) in [7, 11) is 0. The Labute approximate surface area is 377 Å². The fourth-order valence-electron chi connectivity index (χ4n) is 5.36. The van der Waals surface area contributed by atoms with Crippen LogP contribution < -0.4 is 5.32 Å². The van der Waals surface area contributed by atoms with Crippen molar-refractivity contribution in [1.82, 2.24) is 5.32 Å². The highest BCUT2D eigenvalue weighted by Gasteiger charge is 2.45. The van der Waals surface area contributed by atoms with Gasteiger partial charge in [-0.3, -0.25) is 8.98 Å². The van der Waals surface area contributed by atoms with E-state index in [1.807, 2.05) is 0 Å². The molecule has 0 aromatic rings. The van der Waals surface area contributed by atoms with Gasteiger partial charge in [-0.25, -0.2) is 5.26 Å². The van der Waals surface area contributed by atoms with Crippen LogP contribution in [0, 0.1) is 142 Å². The van der Waals surface area contributed by atoms with Crippen LogP contribution in [-0.2, 0) is 27.8 Å². The molecule has 0 saturated carbocycles. The average Bonchev–Trinajstić information content (AvgIpc) is 3.28. The Hall–Kier alpha value is -5.86. The van der Waals surface area contributed by atoms with Crippen LogP contribution in [0.1, 0.15) is 104 Å². The van der Waals surface area contributed by atoms with Gasteiger partial charge < -0.3 is 35.2 Å². The van der Waals surface area contributed by atoms with Gasteiger partial charge in [0.05, 0.1) is 24.9 Å². The van der Waals surface area contributed by atoms with Gasteiger partial charge in [-0.1, -0.05) is 94.9 Å². The third-order valence-corrected chi connectivity index (χ3v) is 8.94. The maximum Gasteiger partial charge on any atom is 0.297 e. The largest absolute Gasteiger partial charge is 0.390 e. The van der Waals surface area contributed by atoms with Crippen molar-refractivity contribution in [3.8, 4) is 142 Å². The van der Waals surface area contributed by atoms with Crippen molar-refractivity contribution in [1.29, 1.82) is 0 Å². The van der Waals surface area contributed by atoms with E-state index in [1.54, 1.807) is 6.92 Å². The van der Waals surface area contributed by atoms with Gasteiger partial charge in [-0.2, -0.15) is 0 Å². The first-order valence-electron chi connectivity index (χ1n) is 20.3. The molecular weight excluding hydrogens is 823 g/mol. The second-order valence-corrected chi connectivity index (χ2v) is 13.7. The van der Waals surface area contributed by atoms with Crippen LogP contribution in [0.5, 0.6) is 0 Å². The van der Waals surface area contributed by atoms with Crippen molar-refractivity contribution in [3.05, 3.63) is 0 Å². The second kappa shape index (κ2) is 39.0. The lowest BCUT2D eigenvalue weighted by atomic mass is 9.98. The first-order chi connectivity index (χ1) is 30.8. The summed E-state index contributed by atoms with van der Waals surface area (Å²) in [6.45, 7) is 4.94. The predicted molar refractivity (Wildman–Crippen MR) is 238 cm³/mol. The Morgan fingerprint density at radius 2 is 1.08 bits per heavy atom. The second-order valence-electron chi connectivity index (χ2n) is 13.2. The lowest BCUT2D eigenvalue weighted by molar-refractivity contribution is -0.435. The van der Waals surface area contributed by atoms with Crippen LogP contribution >= 0.6 is 12.3 Å². The number of rotatable bonds is 23. The zero-order chi connectivity index (χ0) is 46.0. The van der Waals surface area contributed by atoms with Crippen LogP contribution in [0.3, 0.4) is 0 Å². The SMILES string of the molecule is CC#CC#CC#CC#CC#CC#CC#CC#CC#CC#CC#CC#CC(=O)N[C@@H](COC1OC(C)C(O)C(OSOOO)C1O)[C@H](O)[C@H](O)CCCCCCCCCCCCCC. The van der Waals surface area contributed by atoms with Crippen LogP contribution in [0.15, 0.2) is 0 Å². The van der Waals surface area contributed by atoms with E-state index in [4.69, 9.17) is 18.9 Å². The molecule has 1 amide bonds. The van der Waals surface area contributed by atoms with Crippen molar-refractivity contribution >= 4 is 18.2 Å². The molecule has 328 valence electrons. The Balaban J connectivity index is 2.81. The summed E-state index contributed by atoms with van der Waals surface area (Å²) in [6.07, 6.45) is 4.68. The van der Waals surface area contributed by atoms with Crippen LogP contribution in [0.2, 0.25) is 0 Å². The number of aliphatic hydroxyl groups is 4. The Kier molecular flexibility index (Phi) is 34.2. The molecule has 6 N–H and O–H groups in total. The molecule has 12 nitrogen and oxygen atoms in total. The maximum absolute atomic E-state index is 12.8. The molecule has 63 heavy (non-hydrogen) atoms. The minimum absolute atomic E-state index is 0.155. The smallest absolute Gasteiger partial charge is 0.297 e. The molecule has 0 radical (unpaired) electrons. The van der Waals surface area contributed by atoms with Crippen LogP contribution in [-0.4, -0.2) is 87.2 Å². The zero-order valence-electron chi connectivity index (χ0n) is 35.6. The molecule has 0 aromatic heterocycles. The molecule has 1 heterocycles. The highest BCUT2D eigenvalue weighted by molar-refractivity contribution is 7.89. The third-order valence-electron chi connectivity index (χ3n) is 8.52. The highest BCUT2D eigenvalue weighted by atomic mass is 32.2. The summed E-state index contributed by atoms with van der Waals surface area (Å²) >= 11 is 0.155. The summed E-state index contributed by atoms with van der Waals surface area (Å²) in [4.78, 5) is 12.8. The van der Waals surface area contributed by atoms with E-state index in [9.17, 15) is 25.2 Å². The molecule has 0 aliphatic carbocycles. The molecule has 1 saturated heterocycles. The van der Waals surface area contributed by atoms with Gasteiger partial charge in [0.2, 0.25) is 0 Å². The highest BCUT2D eigenvalue weighted by Crippen LogP contribution is 2.28. The van der Waals surface area contributed by atoms with E-state index in [1.165, 1.54) is 58.3 Å². The number of hydrogen-bond donors (Lipinski definition) is 6. The number of ether oxygens (including phenoxy) is 2. The van der Waals surface area contributed by atoms with Gasteiger partial charge >= 0.3 is 0 Å². The van der Waals surface area contributed by atoms with Gasteiger partial charge in [-0.15, -0.1) is 4.33 Å². The van der Waals surface area contributed by atoms with E-state index in [0.29, 0.717) is 6.42 Å². The molecule has 1 rings (SSSR count). The Morgan fingerprint density at radius 1 is 0.651 bits per heavy atom. The van der Waals surface area contributed by atoms with Gasteiger partial charge in [0.1, 0.15) is 24.4 Å². The molecule has 5 unspecified atom stereocenters. The number of hydrogen-bond acceptors (Lipinski definition) is 12. The normalized spacial score (nSPS) is 17.5. The molecule has 1 aliphatic heterocycles. The van der Waals surface area contributed by atoms with Crippen LogP contribution in [0.25, 0.3) is 0 Å². The lowest BCUT2D eigenvalue weighted by Crippen LogP contribution is -2.59. The van der Waals surface area contributed by atoms with E-state index in [0.717, 1.165) is 19.3 Å². The molecule has 1 fully saturated rings. The first kappa shape index (κ1) is 55.2. The van der Waals surface area contributed by atoms with E-state index < -0.39 is 61.5 Å². The van der Waals surface area contributed by atoms with Crippen LogP contribution in [0.4, 0.5) is 0 Å². The lowest BCUT2D eigenvalue weighted by Gasteiger charge is -2.40. The molecule has 13 heteroatoms. The molecule has 8 atom stereocenters. The number of nitrogens with one attached hydrogen (secondary N) is 1. The summed E-state index contributed by atoms with van der Waals surface area (Å²) in [5.41, 5.74) is 0. The number of aliphatic hydroxyl groups excluding tert-OH is 4. The van der Waals surface area contributed by atoms with Gasteiger partial charge in [0, 0.05) is 41.4 Å². The monoisotopic (exact) mass is 873 g/mol. The summed E-state index contributed by atoms with van der Waals surface area (Å²) < 4.78 is 20.7. The van der Waals surface area contributed by atoms with E-state index in [2.05, 4.69) is 164 Å². The van der Waals surface area contributed by atoms with Crippen molar-refractivity contribution < 1.29 is 53.5 Å². The fourth-order valence-corrected chi connectivity index (χ4v) is 5.73. The molecule has 0 spiro atoms. The average molecular weight is 874 g/mol. The number of unbranched alkanes of at least 4 members (excludes halogenated alkanes) is 11. The van der Waals surface area contributed by atoms with Gasteiger partial charge in [0.25, 0.3) is 5.91 Å². The first-order valence-corrected chi connectivity index (χ1v) is 21.0. The maximum atomic E-state index is 12.8.